The Labute approximate surface area is 82.5 Å². The summed E-state index contributed by atoms with van der Waals surface area (Å²) in [5, 5.41) is 29.0. The summed E-state index contributed by atoms with van der Waals surface area (Å²) in [6, 6.07) is 0. The Hall–Kier alpha value is -0.850. The smallest absolute Gasteiger partial charge is 0.407 e. The molecule has 84 valence electrons. The van der Waals surface area contributed by atoms with Crippen molar-refractivity contribution in [2.24, 2.45) is 5.41 Å². The molecule has 0 radical (unpaired) electrons. The Morgan fingerprint density at radius 1 is 1.29 bits per heavy atom. The molecule has 0 atom stereocenters. The van der Waals surface area contributed by atoms with Gasteiger partial charge in [-0.1, -0.05) is 0 Å². The van der Waals surface area contributed by atoms with Gasteiger partial charge in [-0.05, 0) is 6.92 Å². The number of rotatable bonds is 6. The monoisotopic (exact) mass is 207 g/mol. The Bertz CT molecular complexity index is 161. The van der Waals surface area contributed by atoms with E-state index in [1.807, 2.05) is 0 Å². The van der Waals surface area contributed by atoms with Crippen LogP contribution < -0.4 is 5.32 Å². The van der Waals surface area contributed by atoms with Gasteiger partial charge in [0, 0.05) is 6.54 Å². The molecule has 0 heterocycles. The minimum absolute atomic E-state index is 0.220. The molecular weight excluding hydrogens is 190 g/mol. The highest BCUT2D eigenvalue weighted by Gasteiger charge is 2.29. The van der Waals surface area contributed by atoms with E-state index in [1.165, 1.54) is 0 Å². The quantitative estimate of drug-likeness (QED) is 0.433. The molecule has 4 N–H and O–H groups in total. The molecule has 0 aromatic rings. The lowest BCUT2D eigenvalue weighted by molar-refractivity contribution is -0.0374. The first kappa shape index (κ1) is 13.2. The van der Waals surface area contributed by atoms with Gasteiger partial charge in [-0.15, -0.1) is 0 Å². The molecule has 0 rings (SSSR count). The molecule has 6 nitrogen and oxygen atoms in total. The summed E-state index contributed by atoms with van der Waals surface area (Å²) in [5.41, 5.74) is -1.16. The van der Waals surface area contributed by atoms with Gasteiger partial charge in [0.2, 0.25) is 0 Å². The number of nitrogens with one attached hydrogen (secondary N) is 1. The van der Waals surface area contributed by atoms with Crippen LogP contribution in [-0.4, -0.2) is 54.4 Å². The number of hydrogen-bond acceptors (Lipinski definition) is 5. The highest BCUT2D eigenvalue weighted by Crippen LogP contribution is 2.14. The molecule has 1 amide bonds. The van der Waals surface area contributed by atoms with E-state index >= 15 is 0 Å². The third kappa shape index (κ3) is 3.91. The third-order valence-electron chi connectivity index (χ3n) is 1.84. The zero-order chi connectivity index (χ0) is 11.0. The van der Waals surface area contributed by atoms with Crippen LogP contribution in [0.3, 0.4) is 0 Å². The summed E-state index contributed by atoms with van der Waals surface area (Å²) < 4.78 is 4.69. The van der Waals surface area contributed by atoms with Crippen molar-refractivity contribution >= 4 is 6.09 Å². The van der Waals surface area contributed by atoms with Gasteiger partial charge in [0.05, 0.1) is 25.2 Å². The molecule has 0 aromatic carbocycles. The number of ether oxygens (including phenoxy) is 1. The average molecular weight is 207 g/mol. The summed E-state index contributed by atoms with van der Waals surface area (Å²) in [4.78, 5) is 10.9. The van der Waals surface area contributed by atoms with Crippen LogP contribution in [0.15, 0.2) is 0 Å². The molecule has 0 bridgehead atoms. The highest BCUT2D eigenvalue weighted by molar-refractivity contribution is 5.66. The molecule has 0 spiro atoms. The highest BCUT2D eigenvalue weighted by atomic mass is 16.6. The van der Waals surface area contributed by atoms with E-state index in [0.717, 1.165) is 0 Å². The van der Waals surface area contributed by atoms with Crippen molar-refractivity contribution in [3.63, 3.8) is 0 Å². The second-order valence-corrected chi connectivity index (χ2v) is 3.08. The fourth-order valence-corrected chi connectivity index (χ4v) is 0.701. The average Bonchev–Trinajstić information content (AvgIpc) is 2.21. The van der Waals surface area contributed by atoms with Gasteiger partial charge in [-0.2, -0.15) is 0 Å². The van der Waals surface area contributed by atoms with E-state index in [4.69, 9.17) is 20.1 Å². The van der Waals surface area contributed by atoms with Crippen LogP contribution in [0.25, 0.3) is 0 Å². The number of aliphatic hydroxyl groups is 3. The van der Waals surface area contributed by atoms with Crippen LogP contribution >= 0.6 is 0 Å². The second kappa shape index (κ2) is 6.58. The summed E-state index contributed by atoms with van der Waals surface area (Å²) >= 11 is 0. The Balaban J connectivity index is 3.99. The predicted molar refractivity (Wildman–Crippen MR) is 48.7 cm³/mol. The topological polar surface area (TPSA) is 99.0 Å². The minimum Gasteiger partial charge on any atom is -0.449 e. The lowest BCUT2D eigenvalue weighted by Gasteiger charge is -2.26. The molecular formula is C8H17NO5. The zero-order valence-corrected chi connectivity index (χ0v) is 8.19. The SMILES string of the molecule is CCNC(=O)OCC(CO)(CO)CO. The maximum atomic E-state index is 10.9. The van der Waals surface area contributed by atoms with E-state index in [9.17, 15) is 4.79 Å². The molecule has 0 saturated heterocycles. The van der Waals surface area contributed by atoms with Crippen LogP contribution in [0, 0.1) is 5.41 Å². The maximum absolute atomic E-state index is 10.9. The molecule has 0 fully saturated rings. The zero-order valence-electron chi connectivity index (χ0n) is 8.19. The van der Waals surface area contributed by atoms with E-state index in [0.29, 0.717) is 6.54 Å². The molecule has 0 aromatic heterocycles. The molecule has 0 aliphatic heterocycles. The van der Waals surface area contributed by atoms with Gasteiger partial charge in [-0.25, -0.2) is 4.79 Å². The van der Waals surface area contributed by atoms with Gasteiger partial charge in [0.15, 0.2) is 0 Å². The van der Waals surface area contributed by atoms with E-state index in [-0.39, 0.29) is 6.61 Å². The molecule has 0 aliphatic rings. The summed E-state index contributed by atoms with van der Waals surface area (Å²) in [6.07, 6.45) is -0.632. The van der Waals surface area contributed by atoms with Crippen molar-refractivity contribution in [3.05, 3.63) is 0 Å². The number of alkyl carbamates (subject to hydrolysis) is 1. The number of carbonyl (C=O) groups excluding carboxylic acids is 1. The number of aliphatic hydroxyl groups excluding tert-OH is 3. The summed E-state index contributed by atoms with van der Waals surface area (Å²) in [6.45, 7) is 0.613. The van der Waals surface area contributed by atoms with Crippen LogP contribution in [0.2, 0.25) is 0 Å². The number of carbonyl (C=O) groups is 1. The van der Waals surface area contributed by atoms with Crippen LogP contribution in [0.5, 0.6) is 0 Å². The number of hydrogen-bond donors (Lipinski definition) is 4. The Kier molecular flexibility index (Phi) is 6.18. The fourth-order valence-electron chi connectivity index (χ4n) is 0.701. The van der Waals surface area contributed by atoms with Crippen LogP contribution in [0.1, 0.15) is 6.92 Å². The third-order valence-corrected chi connectivity index (χ3v) is 1.84. The Morgan fingerprint density at radius 3 is 2.14 bits per heavy atom. The fraction of sp³-hybridized carbons (Fsp3) is 0.875. The van der Waals surface area contributed by atoms with Crippen LogP contribution in [-0.2, 0) is 4.74 Å². The normalized spacial score (nSPS) is 11.1. The van der Waals surface area contributed by atoms with Gasteiger partial charge in [-0.3, -0.25) is 0 Å². The van der Waals surface area contributed by atoms with Crippen LogP contribution in [0.4, 0.5) is 4.79 Å². The molecule has 0 aliphatic carbocycles. The molecule has 14 heavy (non-hydrogen) atoms. The summed E-state index contributed by atoms with van der Waals surface area (Å²) in [7, 11) is 0. The first-order valence-electron chi connectivity index (χ1n) is 4.37. The van der Waals surface area contributed by atoms with Crippen molar-refractivity contribution in [3.8, 4) is 0 Å². The van der Waals surface area contributed by atoms with E-state index < -0.39 is 31.3 Å². The molecule has 6 heteroatoms. The van der Waals surface area contributed by atoms with Crippen molar-refractivity contribution in [2.45, 2.75) is 6.92 Å². The van der Waals surface area contributed by atoms with Crippen molar-refractivity contribution in [1.29, 1.82) is 0 Å². The van der Waals surface area contributed by atoms with Gasteiger partial charge >= 0.3 is 6.09 Å². The first-order chi connectivity index (χ1) is 6.64. The van der Waals surface area contributed by atoms with E-state index in [2.05, 4.69) is 5.32 Å². The predicted octanol–water partition coefficient (Wildman–Crippen LogP) is -1.30. The molecule has 0 saturated carbocycles. The lowest BCUT2D eigenvalue weighted by Crippen LogP contribution is -2.40. The number of amides is 1. The van der Waals surface area contributed by atoms with Crippen molar-refractivity contribution in [2.75, 3.05) is 33.0 Å². The van der Waals surface area contributed by atoms with Gasteiger partial charge < -0.3 is 25.4 Å². The van der Waals surface area contributed by atoms with Gasteiger partial charge in [0.1, 0.15) is 6.61 Å². The molecule has 0 unspecified atom stereocenters. The maximum Gasteiger partial charge on any atom is 0.407 e. The standard InChI is InChI=1S/C8H17NO5/c1-2-9-7(13)14-6-8(3-10,4-11)5-12/h10-12H,2-6H2,1H3,(H,9,13). The van der Waals surface area contributed by atoms with Crippen molar-refractivity contribution < 1.29 is 24.9 Å². The minimum atomic E-state index is -1.16. The first-order valence-corrected chi connectivity index (χ1v) is 4.37. The van der Waals surface area contributed by atoms with E-state index in [1.54, 1.807) is 6.92 Å². The lowest BCUT2D eigenvalue weighted by atomic mass is 9.93. The van der Waals surface area contributed by atoms with Crippen molar-refractivity contribution in [1.82, 2.24) is 5.32 Å². The van der Waals surface area contributed by atoms with Gasteiger partial charge in [0.25, 0.3) is 0 Å². The largest absolute Gasteiger partial charge is 0.449 e. The second-order valence-electron chi connectivity index (χ2n) is 3.08. The Morgan fingerprint density at radius 2 is 1.79 bits per heavy atom. The summed E-state index contributed by atoms with van der Waals surface area (Å²) in [5.74, 6) is 0.